The maximum atomic E-state index is 13.2. The normalized spacial score (nSPS) is 23.1. The zero-order valence-electron chi connectivity index (χ0n) is 11.8. The van der Waals surface area contributed by atoms with Crippen LogP contribution in [0.3, 0.4) is 0 Å². The van der Waals surface area contributed by atoms with Crippen molar-refractivity contribution in [1.29, 1.82) is 0 Å². The van der Waals surface area contributed by atoms with E-state index in [1.165, 1.54) is 18.2 Å². The van der Waals surface area contributed by atoms with Gasteiger partial charge in [-0.05, 0) is 24.1 Å². The molecule has 4 nitrogen and oxygen atoms in total. The Morgan fingerprint density at radius 2 is 2.30 bits per heavy atom. The third-order valence-electron chi connectivity index (χ3n) is 3.80. The highest BCUT2D eigenvalue weighted by Gasteiger charge is 2.32. The van der Waals surface area contributed by atoms with E-state index in [0.29, 0.717) is 24.6 Å². The highest BCUT2D eigenvalue weighted by atomic mass is 19.1. The molecular formula is C15H21FN2O2. The molecule has 0 spiro atoms. The maximum Gasteiger partial charge on any atom is 0.254 e. The second-order valence-electron chi connectivity index (χ2n) is 5.56. The molecule has 1 fully saturated rings. The van der Waals surface area contributed by atoms with Gasteiger partial charge in [-0.1, -0.05) is 19.9 Å². The van der Waals surface area contributed by atoms with Crippen LogP contribution in [0, 0.1) is 11.7 Å². The summed E-state index contributed by atoms with van der Waals surface area (Å²) >= 11 is 0. The van der Waals surface area contributed by atoms with Crippen LogP contribution in [0.4, 0.5) is 4.39 Å². The maximum absolute atomic E-state index is 13.2. The monoisotopic (exact) mass is 280 g/mol. The van der Waals surface area contributed by atoms with E-state index in [4.69, 9.17) is 0 Å². The number of nitrogens with zero attached hydrogens (tertiary/aromatic N) is 1. The highest BCUT2D eigenvalue weighted by Crippen LogP contribution is 2.16. The number of nitrogens with one attached hydrogen (secondary N) is 1. The van der Waals surface area contributed by atoms with Crippen molar-refractivity contribution in [1.82, 2.24) is 10.2 Å². The molecule has 20 heavy (non-hydrogen) atoms. The zero-order chi connectivity index (χ0) is 14.7. The Kier molecular flexibility index (Phi) is 4.73. The molecule has 0 bridgehead atoms. The molecule has 1 aromatic rings. The zero-order valence-corrected chi connectivity index (χ0v) is 11.8. The molecule has 5 heteroatoms. The fourth-order valence-corrected chi connectivity index (χ4v) is 2.47. The number of hydrogen-bond donors (Lipinski definition) is 2. The minimum atomic E-state index is -0.424. The van der Waals surface area contributed by atoms with Crippen LogP contribution in [0.1, 0.15) is 24.2 Å². The van der Waals surface area contributed by atoms with E-state index in [1.807, 2.05) is 0 Å². The molecule has 1 aliphatic rings. The lowest BCUT2D eigenvalue weighted by Crippen LogP contribution is -2.60. The molecular weight excluding hydrogens is 259 g/mol. The standard InChI is InChI=1S/C15H21FN2O2/c1-10(2)14-8-18(13(9-19)7-17-14)15(20)11-4-3-5-12(16)6-11/h3-6,10,13-14,17,19H,7-9H2,1-2H3. The largest absolute Gasteiger partial charge is 0.394 e. The quantitative estimate of drug-likeness (QED) is 0.876. The summed E-state index contributed by atoms with van der Waals surface area (Å²) in [6.45, 7) is 5.15. The van der Waals surface area contributed by atoms with Crippen molar-refractivity contribution < 1.29 is 14.3 Å². The third-order valence-corrected chi connectivity index (χ3v) is 3.80. The van der Waals surface area contributed by atoms with Crippen LogP contribution in [-0.2, 0) is 0 Å². The second-order valence-corrected chi connectivity index (χ2v) is 5.56. The molecule has 1 saturated heterocycles. The summed E-state index contributed by atoms with van der Waals surface area (Å²) in [4.78, 5) is 14.2. The van der Waals surface area contributed by atoms with Gasteiger partial charge < -0.3 is 15.3 Å². The summed E-state index contributed by atoms with van der Waals surface area (Å²) in [5, 5.41) is 12.8. The number of carbonyl (C=O) groups excluding carboxylic acids is 1. The van der Waals surface area contributed by atoms with E-state index in [0.717, 1.165) is 0 Å². The Morgan fingerprint density at radius 1 is 1.55 bits per heavy atom. The van der Waals surface area contributed by atoms with Gasteiger partial charge in [0.25, 0.3) is 5.91 Å². The van der Waals surface area contributed by atoms with Gasteiger partial charge in [-0.2, -0.15) is 0 Å². The molecule has 2 atom stereocenters. The number of halogens is 1. The molecule has 0 radical (unpaired) electrons. The Morgan fingerprint density at radius 3 is 2.90 bits per heavy atom. The van der Waals surface area contributed by atoms with Gasteiger partial charge in [0, 0.05) is 24.7 Å². The number of amides is 1. The van der Waals surface area contributed by atoms with Gasteiger partial charge in [0.1, 0.15) is 5.82 Å². The first-order valence-corrected chi connectivity index (χ1v) is 6.93. The topological polar surface area (TPSA) is 52.6 Å². The molecule has 2 N–H and O–H groups in total. The molecule has 2 unspecified atom stereocenters. The lowest BCUT2D eigenvalue weighted by Gasteiger charge is -2.41. The van der Waals surface area contributed by atoms with Gasteiger partial charge in [-0.3, -0.25) is 4.79 Å². The molecule has 2 rings (SSSR count). The van der Waals surface area contributed by atoms with Crippen LogP contribution < -0.4 is 5.32 Å². The van der Waals surface area contributed by atoms with Crippen molar-refractivity contribution in [3.05, 3.63) is 35.6 Å². The number of benzene rings is 1. The summed E-state index contributed by atoms with van der Waals surface area (Å²) in [5.74, 6) is -0.264. The molecule has 110 valence electrons. The van der Waals surface area contributed by atoms with E-state index < -0.39 is 5.82 Å². The minimum absolute atomic E-state index is 0.0983. The SMILES string of the molecule is CC(C)C1CN(C(=O)c2cccc(F)c2)C(CO)CN1. The Bertz CT molecular complexity index is 479. The fourth-order valence-electron chi connectivity index (χ4n) is 2.47. The summed E-state index contributed by atoms with van der Waals surface area (Å²) in [6.07, 6.45) is 0. The first-order chi connectivity index (χ1) is 9.52. The van der Waals surface area contributed by atoms with Crippen LogP contribution in [0.5, 0.6) is 0 Å². The highest BCUT2D eigenvalue weighted by molar-refractivity contribution is 5.94. The molecule has 0 aromatic heterocycles. The molecule has 1 aromatic carbocycles. The molecule has 1 heterocycles. The van der Waals surface area contributed by atoms with Crippen molar-refractivity contribution in [2.24, 2.45) is 5.92 Å². The summed E-state index contributed by atoms with van der Waals surface area (Å²) in [5.41, 5.74) is 0.327. The van der Waals surface area contributed by atoms with Crippen LogP contribution in [0.25, 0.3) is 0 Å². The van der Waals surface area contributed by atoms with Gasteiger partial charge in [0.2, 0.25) is 0 Å². The van der Waals surface area contributed by atoms with Crippen molar-refractivity contribution >= 4 is 5.91 Å². The Hall–Kier alpha value is -1.46. The predicted molar refractivity (Wildman–Crippen MR) is 74.9 cm³/mol. The van der Waals surface area contributed by atoms with Gasteiger partial charge in [0.05, 0.1) is 12.6 Å². The van der Waals surface area contributed by atoms with E-state index in [2.05, 4.69) is 19.2 Å². The average molecular weight is 280 g/mol. The Balaban J connectivity index is 2.20. The first-order valence-electron chi connectivity index (χ1n) is 6.93. The number of piperazine rings is 1. The van der Waals surface area contributed by atoms with Gasteiger partial charge >= 0.3 is 0 Å². The summed E-state index contributed by atoms with van der Waals surface area (Å²) in [6, 6.07) is 5.61. The lowest BCUT2D eigenvalue weighted by atomic mass is 9.98. The van der Waals surface area contributed by atoms with E-state index in [1.54, 1.807) is 11.0 Å². The first kappa shape index (κ1) is 14.9. The molecule has 0 saturated carbocycles. The van der Waals surface area contributed by atoms with Crippen LogP contribution in [0.2, 0.25) is 0 Å². The van der Waals surface area contributed by atoms with E-state index in [-0.39, 0.29) is 24.6 Å². The van der Waals surface area contributed by atoms with Gasteiger partial charge in [0.15, 0.2) is 0 Å². The minimum Gasteiger partial charge on any atom is -0.394 e. The van der Waals surface area contributed by atoms with E-state index in [9.17, 15) is 14.3 Å². The van der Waals surface area contributed by atoms with Crippen molar-refractivity contribution in [3.8, 4) is 0 Å². The number of carbonyl (C=O) groups is 1. The van der Waals surface area contributed by atoms with Gasteiger partial charge in [-0.15, -0.1) is 0 Å². The fraction of sp³-hybridized carbons (Fsp3) is 0.533. The number of aliphatic hydroxyl groups is 1. The summed E-state index contributed by atoms with van der Waals surface area (Å²) in [7, 11) is 0. The summed E-state index contributed by atoms with van der Waals surface area (Å²) < 4.78 is 13.2. The average Bonchev–Trinajstić information content (AvgIpc) is 2.45. The smallest absolute Gasteiger partial charge is 0.254 e. The van der Waals surface area contributed by atoms with Crippen molar-refractivity contribution in [2.75, 3.05) is 19.7 Å². The number of hydrogen-bond acceptors (Lipinski definition) is 3. The van der Waals surface area contributed by atoms with Crippen molar-refractivity contribution in [2.45, 2.75) is 25.9 Å². The van der Waals surface area contributed by atoms with Crippen LogP contribution >= 0.6 is 0 Å². The number of rotatable bonds is 3. The predicted octanol–water partition coefficient (Wildman–Crippen LogP) is 1.26. The number of aliphatic hydroxyl groups excluding tert-OH is 1. The molecule has 1 amide bonds. The van der Waals surface area contributed by atoms with E-state index >= 15 is 0 Å². The molecule has 1 aliphatic heterocycles. The lowest BCUT2D eigenvalue weighted by molar-refractivity contribution is 0.0434. The van der Waals surface area contributed by atoms with Crippen LogP contribution in [-0.4, -0.2) is 47.7 Å². The van der Waals surface area contributed by atoms with Gasteiger partial charge in [-0.25, -0.2) is 4.39 Å². The molecule has 0 aliphatic carbocycles. The second kappa shape index (κ2) is 6.33. The van der Waals surface area contributed by atoms with Crippen molar-refractivity contribution in [3.63, 3.8) is 0 Å². The Labute approximate surface area is 118 Å². The van der Waals surface area contributed by atoms with Crippen LogP contribution in [0.15, 0.2) is 24.3 Å². The third kappa shape index (κ3) is 3.16.